The lowest BCUT2D eigenvalue weighted by molar-refractivity contribution is -0.121. The Balaban J connectivity index is 1.50. The van der Waals surface area contributed by atoms with E-state index in [2.05, 4.69) is 23.6 Å². The minimum atomic E-state index is -0.244. The third-order valence-corrected chi connectivity index (χ3v) is 5.03. The molecular formula is C18H24N6O. The van der Waals surface area contributed by atoms with Crippen molar-refractivity contribution in [2.45, 2.75) is 31.8 Å². The van der Waals surface area contributed by atoms with Crippen molar-refractivity contribution in [3.8, 4) is 6.07 Å². The first-order valence-electron chi connectivity index (χ1n) is 8.71. The maximum Gasteiger partial charge on any atom is 0.240 e. The van der Waals surface area contributed by atoms with Gasteiger partial charge in [-0.2, -0.15) is 10.3 Å². The van der Waals surface area contributed by atoms with Gasteiger partial charge in [-0.05, 0) is 50.4 Å². The van der Waals surface area contributed by atoms with Gasteiger partial charge in [0, 0.05) is 19.1 Å². The number of hydrogen-bond donors (Lipinski definition) is 3. The van der Waals surface area contributed by atoms with Gasteiger partial charge in [-0.1, -0.05) is 6.07 Å². The Morgan fingerprint density at radius 1 is 1.60 bits per heavy atom. The molecule has 0 aliphatic carbocycles. The number of rotatable bonds is 7. The number of hydrazine groups is 1. The Morgan fingerprint density at radius 3 is 3.12 bits per heavy atom. The van der Waals surface area contributed by atoms with E-state index in [0.29, 0.717) is 30.6 Å². The van der Waals surface area contributed by atoms with Gasteiger partial charge in [0.25, 0.3) is 0 Å². The predicted octanol–water partition coefficient (Wildman–Crippen LogP) is 1.08. The van der Waals surface area contributed by atoms with Crippen molar-refractivity contribution in [3.63, 3.8) is 0 Å². The SMILES string of the molecule is CC1NCCC1CCNC(=O)C1C[N@@]1N(C=N)c1cccc(C#N)c1. The van der Waals surface area contributed by atoms with Crippen molar-refractivity contribution >= 4 is 17.9 Å². The fourth-order valence-corrected chi connectivity index (χ4v) is 3.41. The molecule has 2 aliphatic rings. The van der Waals surface area contributed by atoms with E-state index in [9.17, 15) is 4.79 Å². The van der Waals surface area contributed by atoms with Crippen LogP contribution in [-0.2, 0) is 4.79 Å². The van der Waals surface area contributed by atoms with Crippen LogP contribution in [0.25, 0.3) is 0 Å². The topological polar surface area (TPSA) is 95.0 Å². The molecule has 2 fully saturated rings. The second-order valence-electron chi connectivity index (χ2n) is 6.64. The molecule has 4 atom stereocenters. The van der Waals surface area contributed by atoms with Crippen LogP contribution < -0.4 is 15.6 Å². The fourth-order valence-electron chi connectivity index (χ4n) is 3.41. The molecule has 0 radical (unpaired) electrons. The molecule has 2 heterocycles. The van der Waals surface area contributed by atoms with Gasteiger partial charge in [-0.3, -0.25) is 15.2 Å². The summed E-state index contributed by atoms with van der Waals surface area (Å²) in [6, 6.07) is 9.41. The smallest absolute Gasteiger partial charge is 0.240 e. The average Bonchev–Trinajstić information content (AvgIpc) is 3.31. The molecule has 0 aromatic heterocycles. The number of carbonyl (C=O) groups is 1. The number of hydrogen-bond acceptors (Lipinski definition) is 5. The first-order valence-corrected chi connectivity index (χ1v) is 8.71. The summed E-state index contributed by atoms with van der Waals surface area (Å²) >= 11 is 0. The zero-order chi connectivity index (χ0) is 17.8. The van der Waals surface area contributed by atoms with Crippen LogP contribution in [0.1, 0.15) is 25.3 Å². The van der Waals surface area contributed by atoms with Crippen molar-refractivity contribution in [1.82, 2.24) is 15.6 Å². The molecule has 25 heavy (non-hydrogen) atoms. The van der Waals surface area contributed by atoms with Gasteiger partial charge in [0.2, 0.25) is 5.91 Å². The molecule has 0 saturated carbocycles. The molecule has 3 unspecified atom stereocenters. The normalized spacial score (nSPS) is 27.4. The lowest BCUT2D eigenvalue weighted by atomic mass is 9.98. The number of anilines is 1. The average molecular weight is 340 g/mol. The Hall–Kier alpha value is -2.43. The van der Waals surface area contributed by atoms with Crippen LogP contribution in [-0.4, -0.2) is 49.0 Å². The lowest BCUT2D eigenvalue weighted by Gasteiger charge is -2.21. The Morgan fingerprint density at radius 2 is 2.44 bits per heavy atom. The maximum atomic E-state index is 12.3. The third-order valence-electron chi connectivity index (χ3n) is 5.03. The van der Waals surface area contributed by atoms with Gasteiger partial charge >= 0.3 is 0 Å². The standard InChI is InChI=1S/C18H24N6O/c1-13-15(5-7-21-13)6-8-22-18(25)17-11-23(17)24(12-20)16-4-2-3-14(9-16)10-19/h2-4,9,12-13,15,17,20-21H,5-8,11H2,1H3,(H,22,25)/t13?,15?,17?,23-/m1/s1. The van der Waals surface area contributed by atoms with E-state index in [4.69, 9.17) is 10.7 Å². The van der Waals surface area contributed by atoms with Crippen molar-refractivity contribution < 1.29 is 4.79 Å². The molecule has 3 N–H and O–H groups in total. The molecule has 132 valence electrons. The van der Waals surface area contributed by atoms with Crippen molar-refractivity contribution in [3.05, 3.63) is 29.8 Å². The van der Waals surface area contributed by atoms with Crippen LogP contribution in [0.2, 0.25) is 0 Å². The number of carbonyl (C=O) groups excluding carboxylic acids is 1. The van der Waals surface area contributed by atoms with E-state index in [1.807, 2.05) is 11.1 Å². The zero-order valence-electron chi connectivity index (χ0n) is 14.4. The third kappa shape index (κ3) is 3.98. The monoisotopic (exact) mass is 340 g/mol. The predicted molar refractivity (Wildman–Crippen MR) is 96.1 cm³/mol. The summed E-state index contributed by atoms with van der Waals surface area (Å²) in [7, 11) is 0. The van der Waals surface area contributed by atoms with E-state index in [0.717, 1.165) is 18.7 Å². The molecule has 1 amide bonds. The highest BCUT2D eigenvalue weighted by Gasteiger charge is 2.44. The highest BCUT2D eigenvalue weighted by Crippen LogP contribution is 2.26. The van der Waals surface area contributed by atoms with Crippen LogP contribution in [0.3, 0.4) is 0 Å². The largest absolute Gasteiger partial charge is 0.355 e. The molecule has 2 saturated heterocycles. The van der Waals surface area contributed by atoms with Gasteiger partial charge in [-0.15, -0.1) is 0 Å². The Labute approximate surface area is 148 Å². The highest BCUT2D eigenvalue weighted by molar-refractivity contribution is 5.87. The summed E-state index contributed by atoms with van der Waals surface area (Å²) in [6.07, 6.45) is 3.34. The summed E-state index contributed by atoms with van der Waals surface area (Å²) < 4.78 is 0. The molecule has 0 spiro atoms. The zero-order valence-corrected chi connectivity index (χ0v) is 14.4. The van der Waals surface area contributed by atoms with Crippen LogP contribution in [0, 0.1) is 22.7 Å². The van der Waals surface area contributed by atoms with E-state index in [1.54, 1.807) is 23.2 Å². The summed E-state index contributed by atoms with van der Waals surface area (Å²) in [6.45, 7) is 4.53. The highest BCUT2D eigenvalue weighted by atomic mass is 16.2. The fraction of sp³-hybridized carbons (Fsp3) is 0.500. The number of nitrogens with one attached hydrogen (secondary N) is 3. The Bertz CT molecular complexity index is 684. The van der Waals surface area contributed by atoms with Gasteiger partial charge in [-0.25, -0.2) is 0 Å². The first kappa shape index (κ1) is 17.4. The summed E-state index contributed by atoms with van der Waals surface area (Å²) in [4.78, 5) is 12.3. The molecule has 7 heteroatoms. The molecule has 3 rings (SSSR count). The molecule has 1 aromatic rings. The maximum absolute atomic E-state index is 12.3. The van der Waals surface area contributed by atoms with Crippen LogP contribution in [0.4, 0.5) is 5.69 Å². The molecular weight excluding hydrogens is 316 g/mol. The van der Waals surface area contributed by atoms with E-state index < -0.39 is 0 Å². The van der Waals surface area contributed by atoms with Gasteiger partial charge in [0.1, 0.15) is 12.4 Å². The number of benzene rings is 1. The van der Waals surface area contributed by atoms with Crippen LogP contribution in [0.5, 0.6) is 0 Å². The van der Waals surface area contributed by atoms with E-state index in [-0.39, 0.29) is 11.9 Å². The minimum absolute atomic E-state index is 0.00176. The second kappa shape index (κ2) is 7.64. The lowest BCUT2D eigenvalue weighted by Crippen LogP contribution is -2.37. The summed E-state index contributed by atoms with van der Waals surface area (Å²) in [5, 5.41) is 26.5. The van der Waals surface area contributed by atoms with Gasteiger partial charge < -0.3 is 10.6 Å². The molecule has 2 aliphatic heterocycles. The minimum Gasteiger partial charge on any atom is -0.355 e. The number of nitriles is 1. The van der Waals surface area contributed by atoms with Crippen LogP contribution >= 0.6 is 0 Å². The molecule has 0 bridgehead atoms. The number of amides is 1. The van der Waals surface area contributed by atoms with Gasteiger partial charge in [0.15, 0.2) is 0 Å². The van der Waals surface area contributed by atoms with Crippen molar-refractivity contribution in [2.24, 2.45) is 5.92 Å². The summed E-state index contributed by atoms with van der Waals surface area (Å²) in [5.74, 6) is 0.629. The number of nitrogens with zero attached hydrogens (tertiary/aromatic N) is 3. The quantitative estimate of drug-likeness (QED) is 0.392. The molecule has 1 aromatic carbocycles. The Kier molecular flexibility index (Phi) is 5.31. The van der Waals surface area contributed by atoms with Crippen molar-refractivity contribution in [1.29, 1.82) is 10.7 Å². The molecule has 7 nitrogen and oxygen atoms in total. The van der Waals surface area contributed by atoms with E-state index >= 15 is 0 Å². The first-order chi connectivity index (χ1) is 12.1. The van der Waals surface area contributed by atoms with E-state index in [1.165, 1.54) is 12.8 Å². The summed E-state index contributed by atoms with van der Waals surface area (Å²) in [5.41, 5.74) is 1.25. The second-order valence-corrected chi connectivity index (χ2v) is 6.64. The van der Waals surface area contributed by atoms with Crippen LogP contribution in [0.15, 0.2) is 24.3 Å². The van der Waals surface area contributed by atoms with Gasteiger partial charge in [0.05, 0.1) is 17.3 Å². The van der Waals surface area contributed by atoms with Crippen molar-refractivity contribution in [2.75, 3.05) is 24.6 Å².